The summed E-state index contributed by atoms with van der Waals surface area (Å²) in [6.45, 7) is 10.1. The molecular weight excluding hydrogens is 248 g/mol. The van der Waals surface area contributed by atoms with E-state index in [9.17, 15) is 0 Å². The van der Waals surface area contributed by atoms with E-state index in [0.29, 0.717) is 11.6 Å². The fraction of sp³-hybridized carbons (Fsp3) is 0.765. The lowest BCUT2D eigenvalue weighted by Gasteiger charge is -2.46. The van der Waals surface area contributed by atoms with Crippen molar-refractivity contribution in [2.24, 2.45) is 0 Å². The molecule has 1 aromatic rings. The highest BCUT2D eigenvalue weighted by atomic mass is 16.3. The SMILES string of the molecule is CCNC(Cc1ccco1)C1(N(CC)CC)CCCC1. The van der Waals surface area contributed by atoms with Crippen molar-refractivity contribution in [1.82, 2.24) is 10.2 Å². The monoisotopic (exact) mass is 278 g/mol. The molecule has 0 bridgehead atoms. The van der Waals surface area contributed by atoms with Crippen LogP contribution in [0.25, 0.3) is 0 Å². The molecule has 0 spiro atoms. The van der Waals surface area contributed by atoms with Gasteiger partial charge in [-0.3, -0.25) is 4.90 Å². The summed E-state index contributed by atoms with van der Waals surface area (Å²) in [6.07, 6.45) is 8.13. The second kappa shape index (κ2) is 7.28. The quantitative estimate of drug-likeness (QED) is 0.789. The molecule has 20 heavy (non-hydrogen) atoms. The summed E-state index contributed by atoms with van der Waals surface area (Å²) >= 11 is 0. The summed E-state index contributed by atoms with van der Waals surface area (Å²) in [5, 5.41) is 3.75. The summed E-state index contributed by atoms with van der Waals surface area (Å²) in [6, 6.07) is 4.59. The Kier molecular flexibility index (Phi) is 5.67. The zero-order valence-electron chi connectivity index (χ0n) is 13.3. The highest BCUT2D eigenvalue weighted by Crippen LogP contribution is 2.39. The van der Waals surface area contributed by atoms with Crippen LogP contribution in [0.4, 0.5) is 0 Å². The van der Waals surface area contributed by atoms with Crippen molar-refractivity contribution in [2.45, 2.75) is 64.5 Å². The predicted molar refractivity (Wildman–Crippen MR) is 84.0 cm³/mol. The van der Waals surface area contributed by atoms with Crippen molar-refractivity contribution in [3.8, 4) is 0 Å². The van der Waals surface area contributed by atoms with E-state index in [1.165, 1.54) is 25.7 Å². The minimum absolute atomic E-state index is 0.312. The van der Waals surface area contributed by atoms with Crippen LogP contribution in [0, 0.1) is 0 Å². The van der Waals surface area contributed by atoms with E-state index in [1.807, 2.05) is 6.07 Å². The van der Waals surface area contributed by atoms with Crippen LogP contribution in [0.15, 0.2) is 22.8 Å². The molecule has 1 saturated carbocycles. The molecule has 1 aliphatic carbocycles. The van der Waals surface area contributed by atoms with Crippen LogP contribution in [0.1, 0.15) is 52.2 Å². The highest BCUT2D eigenvalue weighted by molar-refractivity contribution is 5.09. The van der Waals surface area contributed by atoms with Gasteiger partial charge in [0.25, 0.3) is 0 Å². The van der Waals surface area contributed by atoms with Gasteiger partial charge in [0.15, 0.2) is 0 Å². The Morgan fingerprint density at radius 2 is 1.95 bits per heavy atom. The first-order valence-corrected chi connectivity index (χ1v) is 8.27. The Balaban J connectivity index is 2.22. The Morgan fingerprint density at radius 1 is 1.25 bits per heavy atom. The normalized spacial score (nSPS) is 19.6. The van der Waals surface area contributed by atoms with Gasteiger partial charge in [0.2, 0.25) is 0 Å². The molecule has 114 valence electrons. The minimum Gasteiger partial charge on any atom is -0.469 e. The lowest BCUT2D eigenvalue weighted by atomic mass is 9.83. The zero-order chi connectivity index (χ0) is 14.4. The van der Waals surface area contributed by atoms with Crippen LogP contribution >= 0.6 is 0 Å². The van der Waals surface area contributed by atoms with E-state index in [1.54, 1.807) is 6.26 Å². The fourth-order valence-electron chi connectivity index (χ4n) is 4.05. The summed E-state index contributed by atoms with van der Waals surface area (Å²) < 4.78 is 5.60. The number of furan rings is 1. The summed E-state index contributed by atoms with van der Waals surface area (Å²) in [7, 11) is 0. The largest absolute Gasteiger partial charge is 0.469 e. The van der Waals surface area contributed by atoms with Crippen LogP contribution in [-0.2, 0) is 6.42 Å². The van der Waals surface area contributed by atoms with E-state index in [0.717, 1.165) is 31.8 Å². The van der Waals surface area contributed by atoms with Crippen LogP contribution in [-0.4, -0.2) is 36.1 Å². The number of rotatable bonds is 8. The molecule has 0 aromatic carbocycles. The van der Waals surface area contributed by atoms with Gasteiger partial charge in [0.05, 0.1) is 6.26 Å². The first-order valence-electron chi connectivity index (χ1n) is 8.27. The zero-order valence-corrected chi connectivity index (χ0v) is 13.3. The molecule has 1 aliphatic rings. The number of hydrogen-bond donors (Lipinski definition) is 1. The van der Waals surface area contributed by atoms with Gasteiger partial charge in [-0.05, 0) is 44.6 Å². The maximum Gasteiger partial charge on any atom is 0.105 e. The van der Waals surface area contributed by atoms with Crippen molar-refractivity contribution in [2.75, 3.05) is 19.6 Å². The minimum atomic E-state index is 0.312. The molecule has 0 aliphatic heterocycles. The van der Waals surface area contributed by atoms with Gasteiger partial charge in [-0.1, -0.05) is 33.6 Å². The van der Waals surface area contributed by atoms with Gasteiger partial charge in [0.1, 0.15) is 5.76 Å². The molecule has 1 fully saturated rings. The van der Waals surface area contributed by atoms with Gasteiger partial charge >= 0.3 is 0 Å². The lowest BCUT2D eigenvalue weighted by Crippen LogP contribution is -2.60. The molecular formula is C17H30N2O. The van der Waals surface area contributed by atoms with Gasteiger partial charge < -0.3 is 9.73 Å². The summed E-state index contributed by atoms with van der Waals surface area (Å²) in [4.78, 5) is 2.68. The summed E-state index contributed by atoms with van der Waals surface area (Å²) in [5.41, 5.74) is 0.312. The summed E-state index contributed by atoms with van der Waals surface area (Å²) in [5.74, 6) is 1.11. The lowest BCUT2D eigenvalue weighted by molar-refractivity contribution is 0.0616. The third kappa shape index (κ3) is 3.09. The average Bonchev–Trinajstić information content (AvgIpc) is 3.11. The van der Waals surface area contributed by atoms with Gasteiger partial charge in [-0.25, -0.2) is 0 Å². The van der Waals surface area contributed by atoms with E-state index in [-0.39, 0.29) is 0 Å². The van der Waals surface area contributed by atoms with E-state index in [2.05, 4.69) is 37.1 Å². The van der Waals surface area contributed by atoms with Crippen LogP contribution < -0.4 is 5.32 Å². The van der Waals surface area contributed by atoms with Crippen LogP contribution in [0.5, 0.6) is 0 Å². The Morgan fingerprint density at radius 3 is 2.45 bits per heavy atom. The molecule has 2 rings (SSSR count). The molecule has 0 amide bonds. The number of likely N-dealkylation sites (N-methyl/N-ethyl adjacent to an activating group) is 2. The van der Waals surface area contributed by atoms with Gasteiger partial charge in [0, 0.05) is 18.0 Å². The van der Waals surface area contributed by atoms with Gasteiger partial charge in [-0.2, -0.15) is 0 Å². The second-order valence-corrected chi connectivity index (χ2v) is 5.88. The van der Waals surface area contributed by atoms with Crippen molar-refractivity contribution in [3.05, 3.63) is 24.2 Å². The maximum absolute atomic E-state index is 5.60. The van der Waals surface area contributed by atoms with Crippen molar-refractivity contribution < 1.29 is 4.42 Å². The molecule has 3 heteroatoms. The third-order valence-corrected chi connectivity index (χ3v) is 4.95. The molecule has 1 unspecified atom stereocenters. The first-order chi connectivity index (χ1) is 9.76. The molecule has 1 N–H and O–H groups in total. The Labute approximate surface area is 123 Å². The number of nitrogens with zero attached hydrogens (tertiary/aromatic N) is 1. The highest BCUT2D eigenvalue weighted by Gasteiger charge is 2.44. The number of nitrogens with one attached hydrogen (secondary N) is 1. The van der Waals surface area contributed by atoms with Crippen molar-refractivity contribution in [3.63, 3.8) is 0 Å². The number of hydrogen-bond acceptors (Lipinski definition) is 3. The molecule has 1 atom stereocenters. The Bertz CT molecular complexity index is 364. The van der Waals surface area contributed by atoms with E-state index < -0.39 is 0 Å². The molecule has 1 heterocycles. The first kappa shape index (κ1) is 15.6. The topological polar surface area (TPSA) is 28.4 Å². The van der Waals surface area contributed by atoms with E-state index in [4.69, 9.17) is 4.42 Å². The average molecular weight is 278 g/mol. The molecule has 3 nitrogen and oxygen atoms in total. The Hall–Kier alpha value is -0.800. The molecule has 0 radical (unpaired) electrons. The van der Waals surface area contributed by atoms with Gasteiger partial charge in [-0.15, -0.1) is 0 Å². The predicted octanol–water partition coefficient (Wildman–Crippen LogP) is 3.45. The van der Waals surface area contributed by atoms with Crippen LogP contribution in [0.3, 0.4) is 0 Å². The second-order valence-electron chi connectivity index (χ2n) is 5.88. The van der Waals surface area contributed by atoms with Crippen LogP contribution in [0.2, 0.25) is 0 Å². The van der Waals surface area contributed by atoms with E-state index >= 15 is 0 Å². The third-order valence-electron chi connectivity index (χ3n) is 4.95. The maximum atomic E-state index is 5.60. The van der Waals surface area contributed by atoms with Crippen molar-refractivity contribution >= 4 is 0 Å². The standard InChI is InChI=1S/C17H30N2O/c1-4-18-16(14-15-10-9-13-20-15)17(11-7-8-12-17)19(5-2)6-3/h9-10,13,16,18H,4-8,11-12,14H2,1-3H3. The molecule has 0 saturated heterocycles. The molecule has 1 aromatic heterocycles. The smallest absolute Gasteiger partial charge is 0.105 e. The van der Waals surface area contributed by atoms with Crippen molar-refractivity contribution in [1.29, 1.82) is 0 Å². The fourth-order valence-corrected chi connectivity index (χ4v) is 4.05.